The molecule has 328 valence electrons. The molecule has 0 atom stereocenters. The third-order valence-corrected chi connectivity index (χ3v) is 14.5. The van der Waals surface area contributed by atoms with Gasteiger partial charge in [0.2, 0.25) is 11.4 Å². The number of fused-ring (bicyclic) bond motifs is 11. The average molecular weight is 894 g/mol. The Morgan fingerprint density at radius 3 is 1.53 bits per heavy atom. The highest BCUT2D eigenvalue weighted by Crippen LogP contribution is 2.60. The number of hydrogen-bond acceptors (Lipinski definition) is 2. The first-order valence-electron chi connectivity index (χ1n) is 23.7. The molecule has 0 saturated carbocycles. The van der Waals surface area contributed by atoms with Crippen LogP contribution < -0.4 is 9.80 Å². The standard InChI is InChI=1S/C65H43N5/c1-65(2)52-29-15-14-28-51(52)62-59(70(56-33-19-17-31-54(56)67-4)48-37-35-43-21-9-11-23-45(43)39-48)41-60-63(64(62)65)61-50-27-13-12-26-49(50)57(40-58(61)68(60)46-24-6-5-7-25-46)69(55-32-18-16-30-53(55)66-3)47-36-34-42-20-8-10-22-44(42)38-47/h5-41H,1-2H3. The summed E-state index contributed by atoms with van der Waals surface area (Å²) in [4.78, 5) is 12.9. The van der Waals surface area contributed by atoms with Gasteiger partial charge in [0, 0.05) is 44.2 Å². The van der Waals surface area contributed by atoms with Crippen molar-refractivity contribution in [3.05, 3.63) is 258 Å². The summed E-state index contributed by atoms with van der Waals surface area (Å²) in [7, 11) is 0. The van der Waals surface area contributed by atoms with Crippen LogP contribution in [0.2, 0.25) is 0 Å². The van der Waals surface area contributed by atoms with Gasteiger partial charge in [0.25, 0.3) is 0 Å². The van der Waals surface area contributed by atoms with E-state index in [2.05, 4.69) is 226 Å². The van der Waals surface area contributed by atoms with Crippen LogP contribution in [0.1, 0.15) is 25.0 Å². The van der Waals surface area contributed by atoms with Gasteiger partial charge in [0.15, 0.2) is 0 Å². The number of aromatic nitrogens is 1. The normalized spacial score (nSPS) is 12.5. The molecule has 0 radical (unpaired) electrons. The smallest absolute Gasteiger partial charge is 0.210 e. The minimum absolute atomic E-state index is 0.435. The lowest BCUT2D eigenvalue weighted by Crippen LogP contribution is -2.17. The molecule has 0 saturated heterocycles. The van der Waals surface area contributed by atoms with Gasteiger partial charge in [0.1, 0.15) is 0 Å². The number of benzene rings is 11. The summed E-state index contributed by atoms with van der Waals surface area (Å²) < 4.78 is 2.45. The van der Waals surface area contributed by atoms with Crippen LogP contribution in [0.25, 0.3) is 80.6 Å². The molecule has 0 N–H and O–H groups in total. The molecule has 11 aromatic carbocycles. The summed E-state index contributed by atoms with van der Waals surface area (Å²) in [5.74, 6) is 0. The van der Waals surface area contributed by atoms with Gasteiger partial charge in [-0.3, -0.25) is 0 Å². The predicted octanol–water partition coefficient (Wildman–Crippen LogP) is 18.6. The molecule has 0 amide bonds. The highest BCUT2D eigenvalue weighted by molar-refractivity contribution is 6.28. The fourth-order valence-electron chi connectivity index (χ4n) is 11.4. The first-order chi connectivity index (χ1) is 34.4. The Labute approximate surface area is 406 Å². The topological polar surface area (TPSA) is 20.1 Å². The third-order valence-electron chi connectivity index (χ3n) is 14.5. The van der Waals surface area contributed by atoms with Crippen LogP contribution in [0.4, 0.5) is 45.5 Å². The van der Waals surface area contributed by atoms with Gasteiger partial charge in [-0.1, -0.05) is 178 Å². The maximum Gasteiger partial charge on any atom is 0.210 e. The molecule has 0 bridgehead atoms. The second-order valence-corrected chi connectivity index (χ2v) is 18.7. The molecule has 1 heterocycles. The summed E-state index contributed by atoms with van der Waals surface area (Å²) in [6.45, 7) is 21.7. The van der Waals surface area contributed by atoms with Crippen LogP contribution >= 0.6 is 0 Å². The summed E-state index contributed by atoms with van der Waals surface area (Å²) in [5, 5.41) is 9.10. The van der Waals surface area contributed by atoms with Crippen LogP contribution in [0.5, 0.6) is 0 Å². The van der Waals surface area contributed by atoms with Crippen LogP contribution in [0.3, 0.4) is 0 Å². The number of hydrogen-bond donors (Lipinski definition) is 0. The second kappa shape index (κ2) is 15.8. The Bertz CT molecular complexity index is 4200. The predicted molar refractivity (Wildman–Crippen MR) is 293 cm³/mol. The Kier molecular flexibility index (Phi) is 9.24. The molecular formula is C65H43N5. The van der Waals surface area contributed by atoms with Crippen molar-refractivity contribution in [3.8, 4) is 16.8 Å². The minimum Gasteiger partial charge on any atom is -0.319 e. The second-order valence-electron chi connectivity index (χ2n) is 18.7. The van der Waals surface area contributed by atoms with E-state index in [-0.39, 0.29) is 0 Å². The van der Waals surface area contributed by atoms with E-state index in [4.69, 9.17) is 13.1 Å². The molecule has 13 rings (SSSR count). The van der Waals surface area contributed by atoms with Gasteiger partial charge < -0.3 is 14.4 Å². The van der Waals surface area contributed by atoms with E-state index in [1.165, 1.54) is 22.1 Å². The van der Waals surface area contributed by atoms with E-state index in [9.17, 15) is 0 Å². The van der Waals surface area contributed by atoms with Crippen molar-refractivity contribution < 1.29 is 0 Å². The zero-order chi connectivity index (χ0) is 47.1. The van der Waals surface area contributed by atoms with E-state index >= 15 is 0 Å². The van der Waals surface area contributed by atoms with Crippen LogP contribution in [-0.2, 0) is 5.41 Å². The molecule has 0 spiro atoms. The van der Waals surface area contributed by atoms with Crippen molar-refractivity contribution in [1.29, 1.82) is 0 Å². The first kappa shape index (κ1) is 40.8. The SMILES string of the molecule is [C-]#[N+]c1ccccc1N(c1ccc2ccccc2c1)c1cc2c(c3c1-c1ccccc1C3(C)C)c1c3ccccc3c(N(c3ccc4ccccc4c3)c3ccccc3[N+]#[C-])cc1n2-c1ccccc1. The van der Waals surface area contributed by atoms with Crippen molar-refractivity contribution in [2.24, 2.45) is 0 Å². The van der Waals surface area contributed by atoms with Gasteiger partial charge in [0.05, 0.1) is 46.9 Å². The summed E-state index contributed by atoms with van der Waals surface area (Å²) in [6, 6.07) is 79.3. The zero-order valence-corrected chi connectivity index (χ0v) is 38.6. The monoisotopic (exact) mass is 893 g/mol. The number of nitrogens with zero attached hydrogens (tertiary/aromatic N) is 5. The van der Waals surface area contributed by atoms with Gasteiger partial charge in [-0.25, -0.2) is 9.69 Å². The fraction of sp³-hybridized carbons (Fsp3) is 0.0462. The summed E-state index contributed by atoms with van der Waals surface area (Å²) >= 11 is 0. The molecule has 0 aliphatic heterocycles. The van der Waals surface area contributed by atoms with E-state index in [1.807, 2.05) is 36.4 Å². The lowest BCUT2D eigenvalue weighted by Gasteiger charge is -2.31. The van der Waals surface area contributed by atoms with E-state index in [0.29, 0.717) is 11.4 Å². The Morgan fingerprint density at radius 1 is 0.414 bits per heavy atom. The van der Waals surface area contributed by atoms with Crippen molar-refractivity contribution in [2.75, 3.05) is 9.80 Å². The van der Waals surface area contributed by atoms with Crippen molar-refractivity contribution in [1.82, 2.24) is 4.57 Å². The average Bonchev–Trinajstić information content (AvgIpc) is 3.87. The lowest BCUT2D eigenvalue weighted by atomic mass is 9.80. The van der Waals surface area contributed by atoms with E-state index < -0.39 is 5.41 Å². The minimum atomic E-state index is -0.435. The molecule has 1 aliphatic rings. The fourth-order valence-corrected chi connectivity index (χ4v) is 11.4. The Hall–Kier alpha value is -9.42. The molecule has 0 fully saturated rings. The van der Waals surface area contributed by atoms with Gasteiger partial charge in [-0.2, -0.15) is 0 Å². The Morgan fingerprint density at radius 2 is 0.900 bits per heavy atom. The lowest BCUT2D eigenvalue weighted by molar-refractivity contribution is 0.666. The van der Waals surface area contributed by atoms with Crippen LogP contribution in [0, 0.1) is 13.1 Å². The van der Waals surface area contributed by atoms with Crippen LogP contribution in [-0.4, -0.2) is 4.57 Å². The third kappa shape index (κ3) is 6.09. The van der Waals surface area contributed by atoms with E-state index in [0.717, 1.165) is 94.1 Å². The van der Waals surface area contributed by atoms with E-state index in [1.54, 1.807) is 0 Å². The quantitative estimate of drug-likeness (QED) is 0.149. The maximum absolute atomic E-state index is 8.51. The maximum atomic E-state index is 8.51. The molecule has 5 nitrogen and oxygen atoms in total. The number of anilines is 6. The molecule has 70 heavy (non-hydrogen) atoms. The van der Waals surface area contributed by atoms with Crippen LogP contribution in [0.15, 0.2) is 224 Å². The van der Waals surface area contributed by atoms with Crippen molar-refractivity contribution in [2.45, 2.75) is 19.3 Å². The molecule has 12 aromatic rings. The zero-order valence-electron chi connectivity index (χ0n) is 38.6. The van der Waals surface area contributed by atoms with Gasteiger partial charge in [-0.05, 0) is 104 Å². The van der Waals surface area contributed by atoms with Gasteiger partial charge >= 0.3 is 0 Å². The molecular weight excluding hydrogens is 851 g/mol. The van der Waals surface area contributed by atoms with Crippen molar-refractivity contribution in [3.63, 3.8) is 0 Å². The first-order valence-corrected chi connectivity index (χ1v) is 23.7. The highest BCUT2D eigenvalue weighted by Gasteiger charge is 2.42. The summed E-state index contributed by atoms with van der Waals surface area (Å²) in [6.07, 6.45) is 0. The van der Waals surface area contributed by atoms with Crippen molar-refractivity contribution >= 4 is 99.6 Å². The summed E-state index contributed by atoms with van der Waals surface area (Å²) in [5.41, 5.74) is 14.2. The van der Waals surface area contributed by atoms with Gasteiger partial charge in [-0.15, -0.1) is 0 Å². The molecule has 0 unspecified atom stereocenters. The Balaban J connectivity index is 1.23. The highest BCUT2D eigenvalue weighted by atomic mass is 15.2. The largest absolute Gasteiger partial charge is 0.319 e. The number of para-hydroxylation sites is 5. The number of rotatable bonds is 7. The molecule has 1 aromatic heterocycles. The molecule has 1 aliphatic carbocycles. The molecule has 5 heteroatoms.